The summed E-state index contributed by atoms with van der Waals surface area (Å²) in [6.45, 7) is 2.10. The molecule has 1 atom stereocenters. The molecule has 0 bridgehead atoms. The van der Waals surface area contributed by atoms with E-state index in [1.54, 1.807) is 0 Å². The zero-order valence-electron chi connectivity index (χ0n) is 8.93. The van der Waals surface area contributed by atoms with Gasteiger partial charge in [-0.2, -0.15) is 0 Å². The average molecular weight is 367 g/mol. The maximum Gasteiger partial charge on any atom is 0.261 e. The van der Waals surface area contributed by atoms with Gasteiger partial charge in [-0.05, 0) is 63.6 Å². The SMILES string of the molecule is CC(NC(=O)c1cc(Br)c(Br)s1)C1CCC1. The molecule has 0 aromatic carbocycles. The molecule has 1 unspecified atom stereocenters. The summed E-state index contributed by atoms with van der Waals surface area (Å²) >= 11 is 8.24. The number of thiophene rings is 1. The van der Waals surface area contributed by atoms with Crippen molar-refractivity contribution in [1.82, 2.24) is 5.32 Å². The Hall–Kier alpha value is 0.130. The predicted octanol–water partition coefficient (Wildman–Crippen LogP) is 4.19. The largest absolute Gasteiger partial charge is 0.349 e. The lowest BCUT2D eigenvalue weighted by Gasteiger charge is -2.31. The number of carbonyl (C=O) groups is 1. The predicted molar refractivity (Wildman–Crippen MR) is 74.0 cm³/mol. The summed E-state index contributed by atoms with van der Waals surface area (Å²) in [5.74, 6) is 0.714. The van der Waals surface area contributed by atoms with Gasteiger partial charge in [0.15, 0.2) is 0 Å². The second-order valence-corrected chi connectivity index (χ2v) is 7.41. The first-order valence-corrected chi connectivity index (χ1v) is 7.74. The van der Waals surface area contributed by atoms with Crippen molar-refractivity contribution in [3.8, 4) is 0 Å². The van der Waals surface area contributed by atoms with Gasteiger partial charge in [0.1, 0.15) is 0 Å². The fraction of sp³-hybridized carbons (Fsp3) is 0.545. The zero-order chi connectivity index (χ0) is 11.7. The van der Waals surface area contributed by atoms with Gasteiger partial charge < -0.3 is 5.32 Å². The number of carbonyl (C=O) groups excluding carboxylic acids is 1. The Morgan fingerprint density at radius 3 is 2.69 bits per heavy atom. The van der Waals surface area contributed by atoms with Gasteiger partial charge in [0.25, 0.3) is 5.91 Å². The van der Waals surface area contributed by atoms with Crippen molar-refractivity contribution in [2.24, 2.45) is 5.92 Å². The van der Waals surface area contributed by atoms with Crippen molar-refractivity contribution >= 4 is 49.1 Å². The summed E-state index contributed by atoms with van der Waals surface area (Å²) in [7, 11) is 0. The zero-order valence-corrected chi connectivity index (χ0v) is 12.9. The van der Waals surface area contributed by atoms with Gasteiger partial charge in [0, 0.05) is 10.5 Å². The van der Waals surface area contributed by atoms with E-state index >= 15 is 0 Å². The molecule has 0 aliphatic heterocycles. The molecule has 1 aromatic rings. The highest BCUT2D eigenvalue weighted by molar-refractivity contribution is 9.13. The van der Waals surface area contributed by atoms with E-state index < -0.39 is 0 Å². The van der Waals surface area contributed by atoms with Crippen molar-refractivity contribution < 1.29 is 4.79 Å². The summed E-state index contributed by atoms with van der Waals surface area (Å²) in [6, 6.07) is 2.15. The Labute approximate surface area is 116 Å². The smallest absolute Gasteiger partial charge is 0.261 e. The molecule has 0 radical (unpaired) electrons. The second kappa shape index (κ2) is 5.19. The third kappa shape index (κ3) is 2.68. The number of hydrogen-bond acceptors (Lipinski definition) is 2. The molecule has 88 valence electrons. The number of amides is 1. The Kier molecular flexibility index (Phi) is 4.08. The van der Waals surface area contributed by atoms with E-state index in [1.807, 2.05) is 6.07 Å². The number of hydrogen-bond donors (Lipinski definition) is 1. The van der Waals surface area contributed by atoms with E-state index in [0.29, 0.717) is 12.0 Å². The van der Waals surface area contributed by atoms with E-state index in [1.165, 1.54) is 30.6 Å². The lowest BCUT2D eigenvalue weighted by molar-refractivity contribution is 0.0913. The normalized spacial score (nSPS) is 17.9. The maximum absolute atomic E-state index is 11.9. The van der Waals surface area contributed by atoms with Gasteiger partial charge in [0.2, 0.25) is 0 Å². The molecule has 5 heteroatoms. The van der Waals surface area contributed by atoms with E-state index in [0.717, 1.165) is 13.1 Å². The number of nitrogens with one attached hydrogen (secondary N) is 1. The molecule has 0 spiro atoms. The van der Waals surface area contributed by atoms with Crippen LogP contribution in [0.4, 0.5) is 0 Å². The van der Waals surface area contributed by atoms with E-state index in [9.17, 15) is 4.79 Å². The van der Waals surface area contributed by atoms with Crippen LogP contribution < -0.4 is 5.32 Å². The Morgan fingerprint density at radius 1 is 1.56 bits per heavy atom. The van der Waals surface area contributed by atoms with Crippen molar-refractivity contribution in [2.45, 2.75) is 32.2 Å². The molecule has 16 heavy (non-hydrogen) atoms. The van der Waals surface area contributed by atoms with Crippen LogP contribution in [0.1, 0.15) is 35.9 Å². The molecule has 2 nitrogen and oxygen atoms in total. The molecule has 0 saturated heterocycles. The highest BCUT2D eigenvalue weighted by Gasteiger charge is 2.25. The third-order valence-corrected chi connectivity index (χ3v) is 6.34. The van der Waals surface area contributed by atoms with Crippen molar-refractivity contribution in [1.29, 1.82) is 0 Å². The summed E-state index contributed by atoms with van der Waals surface area (Å²) < 4.78 is 1.91. The van der Waals surface area contributed by atoms with Crippen LogP contribution in [0, 0.1) is 5.92 Å². The van der Waals surface area contributed by atoms with Gasteiger partial charge in [-0.15, -0.1) is 11.3 Å². The van der Waals surface area contributed by atoms with Crippen molar-refractivity contribution in [3.05, 3.63) is 19.2 Å². The highest BCUT2D eigenvalue weighted by atomic mass is 79.9. The van der Waals surface area contributed by atoms with Gasteiger partial charge in [-0.3, -0.25) is 4.79 Å². The molecule has 1 fully saturated rings. The first-order chi connectivity index (χ1) is 7.58. The lowest BCUT2D eigenvalue weighted by Crippen LogP contribution is -2.40. The molecule has 1 saturated carbocycles. The summed E-state index contributed by atoms with van der Waals surface area (Å²) in [6.07, 6.45) is 3.81. The highest BCUT2D eigenvalue weighted by Crippen LogP contribution is 2.33. The average Bonchev–Trinajstić information content (AvgIpc) is 2.43. The molecule has 1 aliphatic carbocycles. The molecule has 1 N–H and O–H groups in total. The van der Waals surface area contributed by atoms with Crippen LogP contribution in [0.2, 0.25) is 0 Å². The van der Waals surface area contributed by atoms with Crippen LogP contribution in [0.25, 0.3) is 0 Å². The van der Waals surface area contributed by atoms with Crippen molar-refractivity contribution in [3.63, 3.8) is 0 Å². The minimum absolute atomic E-state index is 0.0378. The van der Waals surface area contributed by atoms with Crippen LogP contribution in [0.5, 0.6) is 0 Å². The van der Waals surface area contributed by atoms with Crippen LogP contribution in [0.3, 0.4) is 0 Å². The fourth-order valence-corrected chi connectivity index (χ4v) is 3.73. The maximum atomic E-state index is 11.9. The Balaban J connectivity index is 1.96. The quantitative estimate of drug-likeness (QED) is 0.853. The molecule has 1 heterocycles. The van der Waals surface area contributed by atoms with E-state index in [2.05, 4.69) is 44.1 Å². The summed E-state index contributed by atoms with van der Waals surface area (Å²) in [5, 5.41) is 3.07. The van der Waals surface area contributed by atoms with Crippen LogP contribution in [-0.4, -0.2) is 11.9 Å². The minimum atomic E-state index is 0.0378. The van der Waals surface area contributed by atoms with Crippen molar-refractivity contribution in [2.75, 3.05) is 0 Å². The van der Waals surface area contributed by atoms with Gasteiger partial charge in [-0.25, -0.2) is 0 Å². The standard InChI is InChI=1S/C11H13Br2NOS/c1-6(7-3-2-4-7)14-11(15)9-5-8(12)10(13)16-9/h5-7H,2-4H2,1H3,(H,14,15). The minimum Gasteiger partial charge on any atom is -0.349 e. The monoisotopic (exact) mass is 365 g/mol. The van der Waals surface area contributed by atoms with Crippen LogP contribution in [0.15, 0.2) is 14.3 Å². The molecular formula is C11H13Br2NOS. The van der Waals surface area contributed by atoms with Gasteiger partial charge >= 0.3 is 0 Å². The summed E-state index contributed by atoms with van der Waals surface area (Å²) in [5.41, 5.74) is 0. The molecular weight excluding hydrogens is 354 g/mol. The van der Waals surface area contributed by atoms with Crippen LogP contribution in [-0.2, 0) is 0 Å². The number of rotatable bonds is 3. The first kappa shape index (κ1) is 12.6. The van der Waals surface area contributed by atoms with E-state index in [-0.39, 0.29) is 5.91 Å². The fourth-order valence-electron chi connectivity index (χ4n) is 1.79. The topological polar surface area (TPSA) is 29.1 Å². The lowest BCUT2D eigenvalue weighted by atomic mass is 9.80. The van der Waals surface area contributed by atoms with Gasteiger partial charge in [0.05, 0.1) is 8.66 Å². The van der Waals surface area contributed by atoms with E-state index in [4.69, 9.17) is 0 Å². The Bertz CT molecular complexity index is 381. The van der Waals surface area contributed by atoms with Crippen LogP contribution >= 0.6 is 43.2 Å². The second-order valence-electron chi connectivity index (χ2n) is 4.19. The molecule has 1 aliphatic rings. The van der Waals surface area contributed by atoms with Gasteiger partial charge in [-0.1, -0.05) is 6.42 Å². The molecule has 1 amide bonds. The number of halogens is 2. The Morgan fingerprint density at radius 2 is 2.25 bits per heavy atom. The molecule has 1 aromatic heterocycles. The molecule has 2 rings (SSSR count). The summed E-state index contributed by atoms with van der Waals surface area (Å²) in [4.78, 5) is 12.7. The third-order valence-electron chi connectivity index (χ3n) is 3.08. The first-order valence-electron chi connectivity index (χ1n) is 5.33.